The maximum Gasteiger partial charge on any atom is 0.401 e. The van der Waals surface area contributed by atoms with Crippen molar-refractivity contribution in [3.05, 3.63) is 35.9 Å². The number of alkyl halides is 3. The number of thiophene rings is 1. The number of halogens is 3. The van der Waals surface area contributed by atoms with Crippen molar-refractivity contribution in [3.63, 3.8) is 0 Å². The van der Waals surface area contributed by atoms with Gasteiger partial charge in [0.25, 0.3) is 5.91 Å². The van der Waals surface area contributed by atoms with E-state index in [1.807, 2.05) is 11.4 Å². The first-order chi connectivity index (χ1) is 13.9. The van der Waals surface area contributed by atoms with Crippen LogP contribution < -0.4 is 10.6 Å². The lowest BCUT2D eigenvalue weighted by atomic mass is 9.91. The van der Waals surface area contributed by atoms with Crippen molar-refractivity contribution in [1.29, 1.82) is 0 Å². The molecule has 7 nitrogen and oxygen atoms in total. The summed E-state index contributed by atoms with van der Waals surface area (Å²) in [5.41, 5.74) is 0.977. The minimum absolute atomic E-state index is 0.0897. The molecule has 154 valence electrons. The molecule has 0 radical (unpaired) electrons. The lowest BCUT2D eigenvalue weighted by Gasteiger charge is -2.30. The fraction of sp³-hybridized carbons (Fsp3) is 0.444. The Hall–Kier alpha value is -2.53. The van der Waals surface area contributed by atoms with Crippen LogP contribution in [0.5, 0.6) is 0 Å². The third-order valence-electron chi connectivity index (χ3n) is 4.90. The van der Waals surface area contributed by atoms with Crippen LogP contribution in [0.15, 0.2) is 30.2 Å². The molecule has 3 heterocycles. The van der Waals surface area contributed by atoms with Gasteiger partial charge in [0.05, 0.1) is 16.8 Å². The molecule has 3 aromatic heterocycles. The number of imidazole rings is 1. The van der Waals surface area contributed by atoms with Crippen molar-refractivity contribution in [2.45, 2.75) is 43.9 Å². The second kappa shape index (κ2) is 8.07. The zero-order valence-electron chi connectivity index (χ0n) is 15.3. The van der Waals surface area contributed by atoms with Gasteiger partial charge in [-0.25, -0.2) is 15.0 Å². The number of nitrogens with zero attached hydrogens (tertiary/aromatic N) is 4. The van der Waals surface area contributed by atoms with Crippen molar-refractivity contribution >= 4 is 27.5 Å². The van der Waals surface area contributed by atoms with E-state index in [9.17, 15) is 18.0 Å². The van der Waals surface area contributed by atoms with Crippen LogP contribution in [0, 0.1) is 0 Å². The number of carbonyl (C=O) groups is 1. The summed E-state index contributed by atoms with van der Waals surface area (Å²) < 4.78 is 39.4. The van der Waals surface area contributed by atoms with Gasteiger partial charge in [0.15, 0.2) is 5.69 Å². The first-order valence-corrected chi connectivity index (χ1v) is 10.1. The Labute approximate surface area is 168 Å². The summed E-state index contributed by atoms with van der Waals surface area (Å²) in [7, 11) is 0. The molecule has 1 fully saturated rings. The van der Waals surface area contributed by atoms with Crippen LogP contribution in [0.3, 0.4) is 0 Å². The van der Waals surface area contributed by atoms with Gasteiger partial charge >= 0.3 is 6.18 Å². The molecule has 1 saturated carbocycles. The average Bonchev–Trinajstić information content (AvgIpc) is 3.37. The highest BCUT2D eigenvalue weighted by Gasteiger charge is 2.30. The molecule has 11 heteroatoms. The largest absolute Gasteiger partial charge is 0.401 e. The van der Waals surface area contributed by atoms with E-state index in [2.05, 4.69) is 25.6 Å². The number of hydrogen-bond donors (Lipinski definition) is 2. The summed E-state index contributed by atoms with van der Waals surface area (Å²) >= 11 is 1.39. The summed E-state index contributed by atoms with van der Waals surface area (Å²) in [4.78, 5) is 25.8. The van der Waals surface area contributed by atoms with Crippen LogP contribution >= 0.6 is 11.3 Å². The first kappa shape index (κ1) is 19.8. The standard InChI is InChI=1S/C18H19F3N6OS/c19-18(20,21)9-23-11-1-3-12(4-2-11)24-16(28)14-15-13(5-8-29-15)25-17(26-14)27-7-6-22-10-27/h5-8,10-12,23H,1-4,9H2,(H,24,28). The molecule has 2 N–H and O–H groups in total. The normalized spacial score (nSPS) is 20.1. The van der Waals surface area contributed by atoms with Crippen LogP contribution in [0.4, 0.5) is 13.2 Å². The van der Waals surface area contributed by atoms with Gasteiger partial charge in [0.2, 0.25) is 5.95 Å². The molecule has 4 rings (SSSR count). The van der Waals surface area contributed by atoms with Gasteiger partial charge < -0.3 is 10.6 Å². The Bertz CT molecular complexity index is 979. The molecule has 1 amide bonds. The highest BCUT2D eigenvalue weighted by atomic mass is 32.1. The Kier molecular flexibility index (Phi) is 5.50. The lowest BCUT2D eigenvalue weighted by molar-refractivity contribution is -0.126. The maximum atomic E-state index is 12.9. The van der Waals surface area contributed by atoms with E-state index >= 15 is 0 Å². The average molecular weight is 424 g/mol. The fourth-order valence-corrected chi connectivity index (χ4v) is 4.27. The SMILES string of the molecule is O=C(NC1CCC(NCC(F)(F)F)CC1)c1nc(-n2ccnc2)nc2ccsc12. The van der Waals surface area contributed by atoms with Gasteiger partial charge in [-0.3, -0.25) is 9.36 Å². The Morgan fingerprint density at radius 1 is 1.21 bits per heavy atom. The van der Waals surface area contributed by atoms with Gasteiger partial charge in [0, 0.05) is 24.5 Å². The van der Waals surface area contributed by atoms with E-state index in [1.54, 1.807) is 23.3 Å². The van der Waals surface area contributed by atoms with Crippen LogP contribution in [-0.2, 0) is 0 Å². The Balaban J connectivity index is 1.43. The van der Waals surface area contributed by atoms with E-state index in [4.69, 9.17) is 0 Å². The van der Waals surface area contributed by atoms with E-state index in [0.29, 0.717) is 47.5 Å². The van der Waals surface area contributed by atoms with Gasteiger partial charge in [0.1, 0.15) is 6.33 Å². The van der Waals surface area contributed by atoms with Gasteiger partial charge in [-0.05, 0) is 37.1 Å². The topological polar surface area (TPSA) is 84.7 Å². The summed E-state index contributed by atoms with van der Waals surface area (Å²) in [6.07, 6.45) is 3.06. The second-order valence-corrected chi connectivity index (χ2v) is 7.91. The van der Waals surface area contributed by atoms with Crippen molar-refractivity contribution in [2.75, 3.05) is 6.54 Å². The molecule has 1 aliphatic rings. The highest BCUT2D eigenvalue weighted by Crippen LogP contribution is 2.25. The molecule has 1 aliphatic carbocycles. The van der Waals surface area contributed by atoms with Crippen LogP contribution in [0.2, 0.25) is 0 Å². The van der Waals surface area contributed by atoms with E-state index < -0.39 is 12.7 Å². The molecular formula is C18H19F3N6OS. The Morgan fingerprint density at radius 2 is 1.97 bits per heavy atom. The van der Waals surface area contributed by atoms with E-state index in [-0.39, 0.29) is 18.0 Å². The molecule has 0 saturated heterocycles. The van der Waals surface area contributed by atoms with Gasteiger partial charge in [-0.1, -0.05) is 0 Å². The van der Waals surface area contributed by atoms with Gasteiger partial charge in [-0.2, -0.15) is 13.2 Å². The smallest absolute Gasteiger partial charge is 0.348 e. The third-order valence-corrected chi connectivity index (χ3v) is 5.81. The number of carbonyl (C=O) groups excluding carboxylic acids is 1. The number of nitrogens with one attached hydrogen (secondary N) is 2. The highest BCUT2D eigenvalue weighted by molar-refractivity contribution is 7.17. The van der Waals surface area contributed by atoms with Gasteiger partial charge in [-0.15, -0.1) is 11.3 Å². The quantitative estimate of drug-likeness (QED) is 0.658. The second-order valence-electron chi connectivity index (χ2n) is 7.00. The lowest BCUT2D eigenvalue weighted by Crippen LogP contribution is -2.44. The molecule has 29 heavy (non-hydrogen) atoms. The van der Waals surface area contributed by atoms with Crippen molar-refractivity contribution in [3.8, 4) is 5.95 Å². The van der Waals surface area contributed by atoms with Crippen LogP contribution in [0.25, 0.3) is 16.2 Å². The molecule has 0 unspecified atom stereocenters. The summed E-state index contributed by atoms with van der Waals surface area (Å²) in [6, 6.07) is 1.56. The van der Waals surface area contributed by atoms with Crippen LogP contribution in [0.1, 0.15) is 36.2 Å². The number of fused-ring (bicyclic) bond motifs is 1. The summed E-state index contributed by atoms with van der Waals surface area (Å²) in [5.74, 6) is 0.0616. The minimum Gasteiger partial charge on any atom is -0.348 e. The molecule has 3 aromatic rings. The summed E-state index contributed by atoms with van der Waals surface area (Å²) in [6.45, 7) is -0.983. The number of rotatable bonds is 5. The van der Waals surface area contributed by atoms with E-state index in [1.165, 1.54) is 11.3 Å². The molecule has 0 atom stereocenters. The number of aromatic nitrogens is 4. The predicted octanol–water partition coefficient (Wildman–Crippen LogP) is 3.07. The monoisotopic (exact) mass is 424 g/mol. The number of amides is 1. The Morgan fingerprint density at radius 3 is 2.66 bits per heavy atom. The maximum absolute atomic E-state index is 12.9. The zero-order chi connectivity index (χ0) is 20.4. The first-order valence-electron chi connectivity index (χ1n) is 9.23. The number of hydrogen-bond acceptors (Lipinski definition) is 6. The minimum atomic E-state index is -4.21. The molecule has 0 aromatic carbocycles. The zero-order valence-corrected chi connectivity index (χ0v) is 16.1. The van der Waals surface area contributed by atoms with Crippen molar-refractivity contribution < 1.29 is 18.0 Å². The fourth-order valence-electron chi connectivity index (χ4n) is 3.45. The summed E-state index contributed by atoms with van der Waals surface area (Å²) in [5, 5.41) is 7.38. The molecule has 0 aliphatic heterocycles. The van der Waals surface area contributed by atoms with Crippen molar-refractivity contribution in [1.82, 2.24) is 30.2 Å². The third kappa shape index (κ3) is 4.73. The van der Waals surface area contributed by atoms with E-state index in [0.717, 1.165) is 0 Å². The predicted molar refractivity (Wildman–Crippen MR) is 102 cm³/mol. The molecule has 0 bridgehead atoms. The molecule has 0 spiro atoms. The molecular weight excluding hydrogens is 405 g/mol. The van der Waals surface area contributed by atoms with Crippen molar-refractivity contribution in [2.24, 2.45) is 0 Å². The van der Waals surface area contributed by atoms with Crippen LogP contribution in [-0.4, -0.2) is 50.2 Å².